The number of ketones is 1. The van der Waals surface area contributed by atoms with Crippen LogP contribution in [0, 0.1) is 0 Å². The molecule has 3 aromatic rings. The van der Waals surface area contributed by atoms with Crippen molar-refractivity contribution in [1.29, 1.82) is 0 Å². The van der Waals surface area contributed by atoms with E-state index in [4.69, 9.17) is 14.2 Å². The molecule has 33 heavy (non-hydrogen) atoms. The lowest BCUT2D eigenvalue weighted by atomic mass is 9.95. The molecule has 0 spiro atoms. The van der Waals surface area contributed by atoms with E-state index >= 15 is 0 Å². The number of benzene rings is 2. The fourth-order valence-electron chi connectivity index (χ4n) is 3.73. The van der Waals surface area contributed by atoms with E-state index in [0.717, 1.165) is 0 Å². The van der Waals surface area contributed by atoms with Crippen LogP contribution in [0.1, 0.15) is 24.1 Å². The van der Waals surface area contributed by atoms with E-state index in [-0.39, 0.29) is 11.3 Å². The van der Waals surface area contributed by atoms with Crippen LogP contribution < -0.4 is 19.1 Å². The van der Waals surface area contributed by atoms with Gasteiger partial charge in [-0.05, 0) is 48.9 Å². The molecule has 0 radical (unpaired) electrons. The smallest absolute Gasteiger partial charge is 0.301 e. The maximum Gasteiger partial charge on any atom is 0.301 e. The molecule has 0 bridgehead atoms. The van der Waals surface area contributed by atoms with Crippen molar-refractivity contribution in [1.82, 2.24) is 4.98 Å². The van der Waals surface area contributed by atoms with Crippen LogP contribution in [0.2, 0.25) is 0 Å². The van der Waals surface area contributed by atoms with Gasteiger partial charge in [0.1, 0.15) is 11.5 Å². The zero-order valence-corrected chi connectivity index (χ0v) is 19.1. The van der Waals surface area contributed by atoms with E-state index in [2.05, 4.69) is 4.98 Å². The predicted octanol–water partition coefficient (Wildman–Crippen LogP) is 4.19. The highest BCUT2D eigenvalue weighted by atomic mass is 32.1. The van der Waals surface area contributed by atoms with Crippen LogP contribution in [-0.4, -0.2) is 42.6 Å². The van der Waals surface area contributed by atoms with E-state index in [0.29, 0.717) is 40.1 Å². The van der Waals surface area contributed by atoms with Gasteiger partial charge in [-0.15, -0.1) is 11.3 Å². The Hall–Kier alpha value is -3.85. The number of hydrogen-bond donors (Lipinski definition) is 1. The van der Waals surface area contributed by atoms with Gasteiger partial charge in [-0.1, -0.05) is 6.07 Å². The minimum absolute atomic E-state index is 0.0356. The molecule has 1 aromatic heterocycles. The standard InChI is InChI=1S/C24H22N2O6S/c1-4-32-16-8-5-14(6-9-16)21(27)19-20(15-7-10-17(30-2)18(13-15)31-3)26(23(29)22(19)28)24-25-11-12-33-24/h5-13,20,27H,4H2,1-3H3/b21-19+. The molecule has 1 saturated heterocycles. The van der Waals surface area contributed by atoms with Gasteiger partial charge in [0.05, 0.1) is 32.4 Å². The largest absolute Gasteiger partial charge is 0.507 e. The Morgan fingerprint density at radius 2 is 1.82 bits per heavy atom. The zero-order chi connectivity index (χ0) is 23.5. The highest BCUT2D eigenvalue weighted by Crippen LogP contribution is 2.44. The Morgan fingerprint density at radius 1 is 1.09 bits per heavy atom. The average molecular weight is 467 g/mol. The fourth-order valence-corrected chi connectivity index (χ4v) is 4.40. The number of carbonyl (C=O) groups is 2. The second-order valence-electron chi connectivity index (χ2n) is 7.06. The molecule has 1 fully saturated rings. The minimum Gasteiger partial charge on any atom is -0.507 e. The van der Waals surface area contributed by atoms with Crippen molar-refractivity contribution in [3.63, 3.8) is 0 Å². The Morgan fingerprint density at radius 3 is 2.42 bits per heavy atom. The Bertz CT molecular complexity index is 1200. The van der Waals surface area contributed by atoms with Gasteiger partial charge in [0.2, 0.25) is 0 Å². The summed E-state index contributed by atoms with van der Waals surface area (Å²) in [6.45, 7) is 2.38. The minimum atomic E-state index is -0.900. The lowest BCUT2D eigenvalue weighted by Crippen LogP contribution is -2.29. The summed E-state index contributed by atoms with van der Waals surface area (Å²) >= 11 is 1.22. The summed E-state index contributed by atoms with van der Waals surface area (Å²) in [5.74, 6) is -0.280. The number of aliphatic hydroxyl groups is 1. The lowest BCUT2D eigenvalue weighted by Gasteiger charge is -2.23. The van der Waals surface area contributed by atoms with Crippen molar-refractivity contribution in [2.75, 3.05) is 25.7 Å². The summed E-state index contributed by atoms with van der Waals surface area (Å²) in [6.07, 6.45) is 1.55. The van der Waals surface area contributed by atoms with Crippen LogP contribution in [-0.2, 0) is 9.59 Å². The third-order valence-corrected chi connectivity index (χ3v) is 6.00. The number of carbonyl (C=O) groups excluding carboxylic acids is 2. The fraction of sp³-hybridized carbons (Fsp3) is 0.208. The first-order chi connectivity index (χ1) is 16.0. The molecular formula is C24H22N2O6S. The molecule has 4 rings (SSSR count). The molecule has 1 atom stereocenters. The second kappa shape index (κ2) is 9.33. The van der Waals surface area contributed by atoms with Crippen molar-refractivity contribution in [3.05, 3.63) is 70.7 Å². The van der Waals surface area contributed by atoms with Crippen molar-refractivity contribution in [3.8, 4) is 17.2 Å². The van der Waals surface area contributed by atoms with Gasteiger partial charge in [-0.3, -0.25) is 14.5 Å². The van der Waals surface area contributed by atoms with Gasteiger partial charge in [-0.2, -0.15) is 0 Å². The Kier molecular flexibility index (Phi) is 6.32. The Labute approximate surface area is 194 Å². The molecule has 0 saturated carbocycles. The summed E-state index contributed by atoms with van der Waals surface area (Å²) in [4.78, 5) is 31.7. The quantitative estimate of drug-likeness (QED) is 0.317. The lowest BCUT2D eigenvalue weighted by molar-refractivity contribution is -0.132. The third kappa shape index (κ3) is 4.03. The molecule has 8 nitrogen and oxygen atoms in total. The second-order valence-corrected chi connectivity index (χ2v) is 7.93. The van der Waals surface area contributed by atoms with E-state index in [1.807, 2.05) is 6.92 Å². The average Bonchev–Trinajstić information content (AvgIpc) is 3.45. The third-order valence-electron chi connectivity index (χ3n) is 5.23. The van der Waals surface area contributed by atoms with E-state index in [1.165, 1.54) is 30.5 Å². The molecule has 1 N–H and O–H groups in total. The monoisotopic (exact) mass is 466 g/mol. The maximum atomic E-state index is 13.1. The number of ether oxygens (including phenoxy) is 3. The number of aromatic nitrogens is 1. The molecule has 2 heterocycles. The van der Waals surface area contributed by atoms with Gasteiger partial charge >= 0.3 is 5.91 Å². The van der Waals surface area contributed by atoms with Crippen molar-refractivity contribution in [2.45, 2.75) is 13.0 Å². The van der Waals surface area contributed by atoms with Crippen LogP contribution in [0.15, 0.2) is 59.6 Å². The first-order valence-electron chi connectivity index (χ1n) is 10.2. The molecule has 1 unspecified atom stereocenters. The molecule has 0 aliphatic carbocycles. The summed E-state index contributed by atoms with van der Waals surface area (Å²) in [7, 11) is 3.02. The molecule has 1 aliphatic heterocycles. The summed E-state index contributed by atoms with van der Waals surface area (Å²) in [6, 6.07) is 10.9. The number of hydrogen-bond acceptors (Lipinski definition) is 8. The molecule has 9 heteroatoms. The number of thiazole rings is 1. The Balaban J connectivity index is 1.89. The summed E-state index contributed by atoms with van der Waals surface area (Å²) < 4.78 is 16.2. The summed E-state index contributed by atoms with van der Waals surface area (Å²) in [5, 5.41) is 13.2. The van der Waals surface area contributed by atoms with Crippen molar-refractivity contribution < 1.29 is 28.9 Å². The van der Waals surface area contributed by atoms with Gasteiger partial charge < -0.3 is 19.3 Å². The first kappa shape index (κ1) is 22.3. The summed E-state index contributed by atoms with van der Waals surface area (Å²) in [5.41, 5.74) is 0.919. The van der Waals surface area contributed by atoms with Crippen molar-refractivity contribution in [2.24, 2.45) is 0 Å². The highest BCUT2D eigenvalue weighted by molar-refractivity contribution is 7.14. The molecule has 2 aromatic carbocycles. The number of rotatable bonds is 7. The highest BCUT2D eigenvalue weighted by Gasteiger charge is 2.48. The molecule has 1 aliphatic rings. The number of methoxy groups -OCH3 is 2. The van der Waals surface area contributed by atoms with Crippen LogP contribution in [0.4, 0.5) is 5.13 Å². The van der Waals surface area contributed by atoms with Crippen LogP contribution in [0.25, 0.3) is 5.76 Å². The number of aliphatic hydroxyl groups excluding tert-OH is 1. The topological polar surface area (TPSA) is 98.2 Å². The van der Waals surface area contributed by atoms with Crippen molar-refractivity contribution >= 4 is 33.9 Å². The number of amides is 1. The zero-order valence-electron chi connectivity index (χ0n) is 18.3. The van der Waals surface area contributed by atoms with Gasteiger partial charge in [0, 0.05) is 17.1 Å². The van der Waals surface area contributed by atoms with Gasteiger partial charge in [-0.25, -0.2) is 4.98 Å². The van der Waals surface area contributed by atoms with Gasteiger partial charge in [0.25, 0.3) is 5.78 Å². The maximum absolute atomic E-state index is 13.1. The van der Waals surface area contributed by atoms with E-state index in [1.54, 1.807) is 54.0 Å². The molecule has 170 valence electrons. The number of anilines is 1. The van der Waals surface area contributed by atoms with Gasteiger partial charge in [0.15, 0.2) is 16.6 Å². The van der Waals surface area contributed by atoms with E-state index in [9.17, 15) is 14.7 Å². The number of nitrogens with zero attached hydrogens (tertiary/aromatic N) is 2. The van der Waals surface area contributed by atoms with Crippen LogP contribution in [0.3, 0.4) is 0 Å². The predicted molar refractivity (Wildman–Crippen MR) is 124 cm³/mol. The van der Waals surface area contributed by atoms with Crippen LogP contribution >= 0.6 is 11.3 Å². The molecular weight excluding hydrogens is 444 g/mol. The normalized spacial score (nSPS) is 17.3. The number of Topliss-reactive ketones (excluding diaryl/α,β-unsaturated/α-hetero) is 1. The van der Waals surface area contributed by atoms with E-state index < -0.39 is 17.7 Å². The first-order valence-corrected chi connectivity index (χ1v) is 11.0. The van der Waals surface area contributed by atoms with Crippen LogP contribution in [0.5, 0.6) is 17.2 Å². The SMILES string of the molecule is CCOc1ccc(/C(O)=C2\C(=O)C(=O)N(c3nccs3)C2c2ccc(OC)c(OC)c2)cc1. The molecule has 1 amide bonds.